The molecule has 0 aliphatic rings. The highest BCUT2D eigenvalue weighted by molar-refractivity contribution is 7.08. The molecule has 1 heterocycles. The number of aryl methyl sites for hydroxylation is 2. The third-order valence-corrected chi connectivity index (χ3v) is 4.04. The van der Waals surface area contributed by atoms with E-state index in [0.717, 1.165) is 5.75 Å². The molecule has 0 aliphatic carbocycles. The summed E-state index contributed by atoms with van der Waals surface area (Å²) in [6, 6.07) is 6.09. The van der Waals surface area contributed by atoms with Gasteiger partial charge in [-0.15, -0.1) is 0 Å². The number of hydrogen-bond acceptors (Lipinski definition) is 4. The molecule has 0 bridgehead atoms. The van der Waals surface area contributed by atoms with Crippen LogP contribution in [0.1, 0.15) is 28.3 Å². The average Bonchev–Trinajstić information content (AvgIpc) is 2.78. The van der Waals surface area contributed by atoms with E-state index in [0.29, 0.717) is 0 Å². The summed E-state index contributed by atoms with van der Waals surface area (Å²) in [7, 11) is 1.68. The molecule has 0 aliphatic heterocycles. The van der Waals surface area contributed by atoms with Gasteiger partial charge in [-0.2, -0.15) is 11.3 Å². The lowest BCUT2D eigenvalue weighted by Gasteiger charge is -2.19. The molecule has 3 nitrogen and oxygen atoms in total. The van der Waals surface area contributed by atoms with Gasteiger partial charge in [-0.25, -0.2) is 5.43 Å². The number of rotatable bonds is 4. The Balaban J connectivity index is 2.42. The lowest BCUT2D eigenvalue weighted by molar-refractivity contribution is 0.414. The predicted molar refractivity (Wildman–Crippen MR) is 76.0 cm³/mol. The van der Waals surface area contributed by atoms with Gasteiger partial charge in [0.05, 0.1) is 13.2 Å². The fourth-order valence-electron chi connectivity index (χ4n) is 2.11. The minimum absolute atomic E-state index is 0.0298. The van der Waals surface area contributed by atoms with Gasteiger partial charge in [0.15, 0.2) is 0 Å². The molecule has 1 unspecified atom stereocenters. The van der Waals surface area contributed by atoms with Gasteiger partial charge < -0.3 is 4.74 Å². The highest BCUT2D eigenvalue weighted by Crippen LogP contribution is 2.30. The SMILES string of the molecule is COc1ccc(C(NN)c2cscc2C)c(C)c1. The molecule has 1 atom stereocenters. The van der Waals surface area contributed by atoms with Crippen molar-refractivity contribution >= 4 is 11.3 Å². The van der Waals surface area contributed by atoms with Crippen LogP contribution in [-0.4, -0.2) is 7.11 Å². The molecular weight excluding hydrogens is 244 g/mol. The molecule has 1 aromatic carbocycles. The Labute approximate surface area is 112 Å². The van der Waals surface area contributed by atoms with Crippen LogP contribution in [0.5, 0.6) is 5.75 Å². The van der Waals surface area contributed by atoms with E-state index in [9.17, 15) is 0 Å². The minimum Gasteiger partial charge on any atom is -0.497 e. The van der Waals surface area contributed by atoms with Crippen molar-refractivity contribution in [3.63, 3.8) is 0 Å². The molecule has 18 heavy (non-hydrogen) atoms. The Hall–Kier alpha value is -1.36. The third-order valence-electron chi connectivity index (χ3n) is 3.16. The number of nitrogens with two attached hydrogens (primary N) is 1. The summed E-state index contributed by atoms with van der Waals surface area (Å²) in [6.07, 6.45) is 0. The Bertz CT molecular complexity index is 536. The molecule has 0 radical (unpaired) electrons. The zero-order chi connectivity index (χ0) is 13.1. The van der Waals surface area contributed by atoms with Gasteiger partial charge >= 0.3 is 0 Å². The van der Waals surface area contributed by atoms with Gasteiger partial charge in [0.25, 0.3) is 0 Å². The number of benzene rings is 1. The normalized spacial score (nSPS) is 12.4. The quantitative estimate of drug-likeness (QED) is 0.658. The van der Waals surface area contributed by atoms with Crippen molar-refractivity contribution in [1.82, 2.24) is 5.43 Å². The largest absolute Gasteiger partial charge is 0.497 e. The summed E-state index contributed by atoms with van der Waals surface area (Å²) in [5, 5.41) is 4.28. The second kappa shape index (κ2) is 5.52. The minimum atomic E-state index is 0.0298. The van der Waals surface area contributed by atoms with E-state index in [-0.39, 0.29) is 6.04 Å². The van der Waals surface area contributed by atoms with E-state index >= 15 is 0 Å². The van der Waals surface area contributed by atoms with Crippen LogP contribution in [0.2, 0.25) is 0 Å². The van der Waals surface area contributed by atoms with E-state index in [1.54, 1.807) is 18.4 Å². The summed E-state index contributed by atoms with van der Waals surface area (Å²) in [6.45, 7) is 4.18. The van der Waals surface area contributed by atoms with Gasteiger partial charge in [0, 0.05) is 0 Å². The summed E-state index contributed by atoms with van der Waals surface area (Å²) >= 11 is 1.70. The Morgan fingerprint density at radius 1 is 1.17 bits per heavy atom. The monoisotopic (exact) mass is 262 g/mol. The van der Waals surface area contributed by atoms with Crippen LogP contribution >= 0.6 is 11.3 Å². The van der Waals surface area contributed by atoms with Crippen molar-refractivity contribution in [2.24, 2.45) is 5.84 Å². The van der Waals surface area contributed by atoms with E-state index in [1.165, 1.54) is 22.3 Å². The first-order chi connectivity index (χ1) is 8.67. The first kappa shape index (κ1) is 13.1. The molecule has 4 heteroatoms. The number of nitrogens with one attached hydrogen (secondary N) is 1. The van der Waals surface area contributed by atoms with Crippen molar-refractivity contribution < 1.29 is 4.74 Å². The Kier molecular flexibility index (Phi) is 4.01. The molecule has 0 amide bonds. The maximum absolute atomic E-state index is 5.73. The van der Waals surface area contributed by atoms with Crippen molar-refractivity contribution in [2.45, 2.75) is 19.9 Å². The summed E-state index contributed by atoms with van der Waals surface area (Å²) in [5.74, 6) is 6.60. The molecule has 0 saturated heterocycles. The highest BCUT2D eigenvalue weighted by atomic mass is 32.1. The van der Waals surface area contributed by atoms with E-state index < -0.39 is 0 Å². The van der Waals surface area contributed by atoms with Gasteiger partial charge in [-0.05, 0) is 59.0 Å². The van der Waals surface area contributed by atoms with E-state index in [2.05, 4.69) is 36.1 Å². The molecule has 0 fully saturated rings. The summed E-state index contributed by atoms with van der Waals surface area (Å²) in [4.78, 5) is 0. The van der Waals surface area contributed by atoms with Gasteiger partial charge in [-0.3, -0.25) is 5.84 Å². The first-order valence-corrected chi connectivity index (χ1v) is 6.75. The van der Waals surface area contributed by atoms with Crippen molar-refractivity contribution in [1.29, 1.82) is 0 Å². The van der Waals surface area contributed by atoms with Crippen LogP contribution in [0, 0.1) is 13.8 Å². The fourth-order valence-corrected chi connectivity index (χ4v) is 2.99. The average molecular weight is 262 g/mol. The van der Waals surface area contributed by atoms with Crippen molar-refractivity contribution in [2.75, 3.05) is 7.11 Å². The standard InChI is InChI=1S/C14H18N2OS/c1-9-6-11(17-3)4-5-12(9)14(16-15)13-8-18-7-10(13)2/h4-8,14,16H,15H2,1-3H3. The molecule has 3 N–H and O–H groups in total. The zero-order valence-corrected chi connectivity index (χ0v) is 11.7. The predicted octanol–water partition coefficient (Wildman–Crippen LogP) is 2.93. The zero-order valence-electron chi connectivity index (χ0n) is 10.9. The van der Waals surface area contributed by atoms with E-state index in [1.807, 2.05) is 12.1 Å². The number of hydrazine groups is 1. The first-order valence-electron chi connectivity index (χ1n) is 5.80. The Morgan fingerprint density at radius 3 is 2.44 bits per heavy atom. The van der Waals surface area contributed by atoms with Crippen LogP contribution in [0.4, 0.5) is 0 Å². The topological polar surface area (TPSA) is 47.3 Å². The maximum Gasteiger partial charge on any atom is 0.119 e. The van der Waals surface area contributed by atoms with Gasteiger partial charge in [-0.1, -0.05) is 6.07 Å². The van der Waals surface area contributed by atoms with Gasteiger partial charge in [0.1, 0.15) is 5.75 Å². The molecule has 2 aromatic rings. The van der Waals surface area contributed by atoms with Gasteiger partial charge in [0.2, 0.25) is 0 Å². The number of hydrogen-bond donors (Lipinski definition) is 2. The molecule has 2 rings (SSSR count). The van der Waals surface area contributed by atoms with Crippen molar-refractivity contribution in [3.05, 3.63) is 51.2 Å². The number of methoxy groups -OCH3 is 1. The Morgan fingerprint density at radius 2 is 1.94 bits per heavy atom. The van der Waals surface area contributed by atoms with Crippen molar-refractivity contribution in [3.8, 4) is 5.75 Å². The second-order valence-corrected chi connectivity index (χ2v) is 5.08. The van der Waals surface area contributed by atoms with E-state index in [4.69, 9.17) is 10.6 Å². The molecule has 1 aromatic heterocycles. The molecular formula is C14H18N2OS. The third kappa shape index (κ3) is 2.41. The lowest BCUT2D eigenvalue weighted by Crippen LogP contribution is -2.29. The van der Waals surface area contributed by atoms with Crippen LogP contribution in [-0.2, 0) is 0 Å². The molecule has 0 saturated carbocycles. The number of ether oxygens (including phenoxy) is 1. The molecule has 96 valence electrons. The lowest BCUT2D eigenvalue weighted by atomic mass is 9.95. The number of thiophene rings is 1. The highest BCUT2D eigenvalue weighted by Gasteiger charge is 2.17. The smallest absolute Gasteiger partial charge is 0.119 e. The summed E-state index contributed by atoms with van der Waals surface area (Å²) in [5.41, 5.74) is 7.75. The summed E-state index contributed by atoms with van der Waals surface area (Å²) < 4.78 is 5.23. The molecule has 0 spiro atoms. The second-order valence-electron chi connectivity index (χ2n) is 4.33. The van der Waals surface area contributed by atoms with Crippen LogP contribution in [0.25, 0.3) is 0 Å². The van der Waals surface area contributed by atoms with Crippen LogP contribution in [0.3, 0.4) is 0 Å². The van der Waals surface area contributed by atoms with Crippen LogP contribution in [0.15, 0.2) is 29.0 Å². The van der Waals surface area contributed by atoms with Crippen LogP contribution < -0.4 is 16.0 Å². The fraction of sp³-hybridized carbons (Fsp3) is 0.286. The maximum atomic E-state index is 5.73.